The molecule has 5 nitrogen and oxygen atoms in total. The first-order valence-electron chi connectivity index (χ1n) is 7.48. The van der Waals surface area contributed by atoms with E-state index in [1.54, 1.807) is 14.2 Å². The number of methoxy groups -OCH3 is 2. The zero-order valence-corrected chi connectivity index (χ0v) is 15.8. The fraction of sp³-hybridized carbons (Fsp3) is 0.562. The van der Waals surface area contributed by atoms with Gasteiger partial charge in [-0.1, -0.05) is 22.4 Å². The molecular formula is C16H24BrClN2O3. The average Bonchev–Trinajstić information content (AvgIpc) is 2.53. The largest absolute Gasteiger partial charge is 0.493 e. The molecule has 7 heteroatoms. The highest BCUT2D eigenvalue weighted by molar-refractivity contribution is 9.10. The van der Waals surface area contributed by atoms with Crippen molar-refractivity contribution in [2.75, 3.05) is 14.2 Å². The van der Waals surface area contributed by atoms with E-state index in [1.165, 1.54) is 0 Å². The lowest BCUT2D eigenvalue weighted by Crippen LogP contribution is -2.37. The maximum Gasteiger partial charge on any atom is 0.223 e. The second kappa shape index (κ2) is 9.35. The van der Waals surface area contributed by atoms with Crippen molar-refractivity contribution in [3.8, 4) is 11.5 Å². The number of carbonyl (C=O) groups is 1. The van der Waals surface area contributed by atoms with Gasteiger partial charge >= 0.3 is 0 Å². The number of halogens is 2. The van der Waals surface area contributed by atoms with Crippen LogP contribution in [0.1, 0.15) is 31.2 Å². The lowest BCUT2D eigenvalue weighted by Gasteiger charge is -2.25. The van der Waals surface area contributed by atoms with Gasteiger partial charge in [0.05, 0.1) is 14.2 Å². The second-order valence-electron chi connectivity index (χ2n) is 5.64. The maximum atomic E-state index is 12.3. The van der Waals surface area contributed by atoms with E-state index in [-0.39, 0.29) is 30.3 Å². The summed E-state index contributed by atoms with van der Waals surface area (Å²) < 4.78 is 11.4. The zero-order chi connectivity index (χ0) is 16.1. The van der Waals surface area contributed by atoms with Crippen LogP contribution in [0.25, 0.3) is 0 Å². The molecule has 3 N–H and O–H groups in total. The first kappa shape index (κ1) is 20.1. The average molecular weight is 408 g/mol. The van der Waals surface area contributed by atoms with Gasteiger partial charge in [0.1, 0.15) is 0 Å². The minimum absolute atomic E-state index is 0. The summed E-state index contributed by atoms with van der Waals surface area (Å²) in [7, 11) is 3.19. The molecule has 0 saturated heterocycles. The summed E-state index contributed by atoms with van der Waals surface area (Å²) in [6.07, 6.45) is 3.75. The molecule has 2 unspecified atom stereocenters. The molecule has 23 heavy (non-hydrogen) atoms. The van der Waals surface area contributed by atoms with E-state index in [9.17, 15) is 4.79 Å². The van der Waals surface area contributed by atoms with Crippen molar-refractivity contribution in [2.24, 2.45) is 11.7 Å². The summed E-state index contributed by atoms with van der Waals surface area (Å²) in [5.41, 5.74) is 6.90. The number of nitrogens with one attached hydrogen (secondary N) is 1. The highest BCUT2D eigenvalue weighted by Gasteiger charge is 2.25. The first-order valence-corrected chi connectivity index (χ1v) is 8.28. The number of ether oxygens (including phenoxy) is 2. The number of hydrogen-bond acceptors (Lipinski definition) is 4. The fourth-order valence-electron chi connectivity index (χ4n) is 2.82. The van der Waals surface area contributed by atoms with Crippen molar-refractivity contribution in [1.82, 2.24) is 5.32 Å². The quantitative estimate of drug-likeness (QED) is 0.787. The van der Waals surface area contributed by atoms with Gasteiger partial charge in [0, 0.05) is 23.0 Å². The monoisotopic (exact) mass is 406 g/mol. The molecule has 1 aliphatic carbocycles. The number of hydrogen-bond donors (Lipinski definition) is 2. The molecule has 1 fully saturated rings. The third-order valence-corrected chi connectivity index (χ3v) is 4.83. The summed E-state index contributed by atoms with van der Waals surface area (Å²) in [4.78, 5) is 12.3. The smallest absolute Gasteiger partial charge is 0.223 e. The van der Waals surface area contributed by atoms with E-state index in [0.717, 1.165) is 35.7 Å². The third kappa shape index (κ3) is 5.26. The van der Waals surface area contributed by atoms with Gasteiger partial charge in [-0.25, -0.2) is 0 Å². The topological polar surface area (TPSA) is 73.6 Å². The molecule has 0 aliphatic heterocycles. The summed E-state index contributed by atoms with van der Waals surface area (Å²) in [6, 6.07) is 3.87. The van der Waals surface area contributed by atoms with Crippen molar-refractivity contribution < 1.29 is 14.3 Å². The van der Waals surface area contributed by atoms with E-state index in [4.69, 9.17) is 15.2 Å². The summed E-state index contributed by atoms with van der Waals surface area (Å²) in [5, 5.41) is 3.00. The molecule has 0 bridgehead atoms. The maximum absolute atomic E-state index is 12.3. The predicted octanol–water partition coefficient (Wildman–Crippen LogP) is 3.02. The van der Waals surface area contributed by atoms with Crippen molar-refractivity contribution in [2.45, 2.75) is 38.3 Å². The lowest BCUT2D eigenvalue weighted by molar-refractivity contribution is -0.126. The van der Waals surface area contributed by atoms with Crippen molar-refractivity contribution in [3.63, 3.8) is 0 Å². The lowest BCUT2D eigenvalue weighted by atomic mass is 9.85. The van der Waals surface area contributed by atoms with Gasteiger partial charge in [-0.3, -0.25) is 4.79 Å². The van der Waals surface area contributed by atoms with Crippen LogP contribution in [0, 0.1) is 5.92 Å². The Hall–Kier alpha value is -0.980. The Labute approximate surface area is 151 Å². The van der Waals surface area contributed by atoms with Crippen LogP contribution in [-0.4, -0.2) is 26.2 Å². The van der Waals surface area contributed by atoms with E-state index in [1.807, 2.05) is 12.1 Å². The van der Waals surface area contributed by atoms with Gasteiger partial charge in [0.2, 0.25) is 5.91 Å². The number of carbonyl (C=O) groups excluding carboxylic acids is 1. The van der Waals surface area contributed by atoms with Crippen molar-refractivity contribution in [1.29, 1.82) is 0 Å². The van der Waals surface area contributed by atoms with Crippen LogP contribution < -0.4 is 20.5 Å². The highest BCUT2D eigenvalue weighted by atomic mass is 79.9. The van der Waals surface area contributed by atoms with E-state index < -0.39 is 0 Å². The van der Waals surface area contributed by atoms with Crippen LogP contribution in [0.2, 0.25) is 0 Å². The Bertz CT molecular complexity index is 542. The summed E-state index contributed by atoms with van der Waals surface area (Å²) in [5.74, 6) is 1.41. The summed E-state index contributed by atoms with van der Waals surface area (Å²) in [6.45, 7) is 0.450. The molecule has 0 radical (unpaired) electrons. The number of nitrogens with two attached hydrogens (primary N) is 1. The van der Waals surface area contributed by atoms with Gasteiger partial charge in [-0.05, 0) is 37.0 Å². The zero-order valence-electron chi connectivity index (χ0n) is 13.4. The molecule has 0 heterocycles. The Balaban J connectivity index is 0.00000264. The van der Waals surface area contributed by atoms with Gasteiger partial charge < -0.3 is 20.5 Å². The molecule has 2 rings (SSSR count). The molecule has 1 aromatic rings. The molecule has 130 valence electrons. The Morgan fingerprint density at radius 3 is 2.57 bits per heavy atom. The van der Waals surface area contributed by atoms with E-state index in [0.29, 0.717) is 18.0 Å². The van der Waals surface area contributed by atoms with Crippen LogP contribution in [0.5, 0.6) is 11.5 Å². The van der Waals surface area contributed by atoms with Crippen LogP contribution in [-0.2, 0) is 11.3 Å². The molecule has 0 spiro atoms. The Morgan fingerprint density at radius 1 is 1.30 bits per heavy atom. The SMILES string of the molecule is COc1cc(Br)c(CNC(=O)C2CCCC(N)C2)cc1OC.Cl. The minimum Gasteiger partial charge on any atom is -0.493 e. The Kier molecular flexibility index (Phi) is 8.16. The molecule has 0 aromatic heterocycles. The van der Waals surface area contributed by atoms with E-state index >= 15 is 0 Å². The van der Waals surface area contributed by atoms with Crippen LogP contribution >= 0.6 is 28.3 Å². The standard InChI is InChI=1S/C16H23BrN2O3.ClH/c1-21-14-7-11(13(17)8-15(14)22-2)9-19-16(20)10-4-3-5-12(18)6-10;/h7-8,10,12H,3-6,9,18H2,1-2H3,(H,19,20);1H. The third-order valence-electron chi connectivity index (χ3n) is 4.09. The Morgan fingerprint density at radius 2 is 1.96 bits per heavy atom. The number of rotatable bonds is 5. The van der Waals surface area contributed by atoms with E-state index in [2.05, 4.69) is 21.2 Å². The molecule has 1 saturated carbocycles. The van der Waals surface area contributed by atoms with Gasteiger partial charge in [0.15, 0.2) is 11.5 Å². The van der Waals surface area contributed by atoms with Crippen LogP contribution in [0.3, 0.4) is 0 Å². The van der Waals surface area contributed by atoms with Gasteiger partial charge in [-0.2, -0.15) is 0 Å². The summed E-state index contributed by atoms with van der Waals surface area (Å²) >= 11 is 3.50. The molecule has 1 aromatic carbocycles. The first-order chi connectivity index (χ1) is 10.5. The molecule has 1 amide bonds. The van der Waals surface area contributed by atoms with Crippen molar-refractivity contribution in [3.05, 3.63) is 22.2 Å². The second-order valence-corrected chi connectivity index (χ2v) is 6.49. The normalized spacial score (nSPS) is 20.3. The number of amides is 1. The predicted molar refractivity (Wildman–Crippen MR) is 96.3 cm³/mol. The van der Waals surface area contributed by atoms with Gasteiger partial charge in [-0.15, -0.1) is 12.4 Å². The number of benzene rings is 1. The van der Waals surface area contributed by atoms with Crippen LogP contribution in [0.15, 0.2) is 16.6 Å². The molecule has 1 aliphatic rings. The minimum atomic E-state index is 0. The fourth-order valence-corrected chi connectivity index (χ4v) is 3.29. The molecular weight excluding hydrogens is 384 g/mol. The molecule has 2 atom stereocenters. The highest BCUT2D eigenvalue weighted by Crippen LogP contribution is 2.33. The van der Waals surface area contributed by atoms with Crippen LogP contribution in [0.4, 0.5) is 0 Å². The van der Waals surface area contributed by atoms with Crippen molar-refractivity contribution >= 4 is 34.2 Å². The van der Waals surface area contributed by atoms with Gasteiger partial charge in [0.25, 0.3) is 0 Å².